The highest BCUT2D eigenvalue weighted by molar-refractivity contribution is 5.73. The predicted octanol–water partition coefficient (Wildman–Crippen LogP) is 9.20. The monoisotopic (exact) mass is 623 g/mol. The molecule has 6 saturated carbocycles. The van der Waals surface area contributed by atoms with Gasteiger partial charge < -0.3 is 15.2 Å². The molecule has 0 unspecified atom stereocenters. The highest BCUT2D eigenvalue weighted by Gasteiger charge is 2.71. The van der Waals surface area contributed by atoms with E-state index in [1.165, 1.54) is 76.3 Å². The number of carbonyl (C=O) groups excluding carboxylic acids is 1. The summed E-state index contributed by atoms with van der Waals surface area (Å²) in [5, 5.41) is 13.3. The summed E-state index contributed by atoms with van der Waals surface area (Å²) in [6.45, 7) is 24.6. The standard InChI is InChI=1S/C40H65NO4/c1-25(2)27-14-19-40(24-41-26-10-11-26)21-20-38(8)28(34(27)40)12-13-30-37(7)17-16-31(36(5,6)29(37)15-18-39(30,38)9)45-33(44)23-35(3,4)22-32(42)43/h26-31,34,41H,1,10-24H2,2-9H3,(H,42,43)/t27-,28+,29-,30+,31-,34+,37-,38+,39+,40+/m0/s1. The van der Waals surface area contributed by atoms with Crippen LogP contribution in [-0.4, -0.2) is 35.7 Å². The Morgan fingerprint density at radius 1 is 0.844 bits per heavy atom. The minimum atomic E-state index is -0.864. The quantitative estimate of drug-likeness (QED) is 0.198. The number of rotatable bonds is 9. The number of fused-ring (bicyclic) bond motifs is 7. The first-order valence-corrected chi connectivity index (χ1v) is 18.7. The van der Waals surface area contributed by atoms with E-state index in [-0.39, 0.29) is 35.7 Å². The van der Waals surface area contributed by atoms with Crippen LogP contribution in [0.5, 0.6) is 0 Å². The molecule has 6 fully saturated rings. The zero-order valence-electron chi connectivity index (χ0n) is 30.0. The lowest BCUT2D eigenvalue weighted by molar-refractivity contribution is -0.250. The highest BCUT2D eigenvalue weighted by atomic mass is 16.5. The van der Waals surface area contributed by atoms with Crippen LogP contribution in [0.15, 0.2) is 12.2 Å². The number of nitrogens with one attached hydrogen (secondary N) is 1. The molecule has 254 valence electrons. The summed E-state index contributed by atoms with van der Waals surface area (Å²) in [5.41, 5.74) is 2.07. The van der Waals surface area contributed by atoms with Gasteiger partial charge in [-0.25, -0.2) is 0 Å². The predicted molar refractivity (Wildman–Crippen MR) is 181 cm³/mol. The van der Waals surface area contributed by atoms with E-state index < -0.39 is 11.4 Å². The zero-order valence-corrected chi connectivity index (χ0v) is 30.0. The first kappa shape index (κ1) is 33.5. The van der Waals surface area contributed by atoms with E-state index in [2.05, 4.69) is 53.4 Å². The average molecular weight is 624 g/mol. The molecule has 2 N–H and O–H groups in total. The van der Waals surface area contributed by atoms with E-state index in [4.69, 9.17) is 4.74 Å². The molecule has 6 aliphatic carbocycles. The van der Waals surface area contributed by atoms with Crippen LogP contribution in [0.4, 0.5) is 0 Å². The lowest BCUT2D eigenvalue weighted by atomic mass is 9.32. The molecule has 0 aromatic carbocycles. The normalized spacial score (nSPS) is 45.4. The molecule has 0 radical (unpaired) electrons. The number of aliphatic carboxylic acids is 1. The van der Waals surface area contributed by atoms with Crippen LogP contribution in [0.25, 0.3) is 0 Å². The summed E-state index contributed by atoms with van der Waals surface area (Å²) < 4.78 is 6.28. The molecule has 6 rings (SSSR count). The maximum atomic E-state index is 13.2. The van der Waals surface area contributed by atoms with Crippen molar-refractivity contribution in [3.05, 3.63) is 12.2 Å². The van der Waals surface area contributed by atoms with Crippen molar-refractivity contribution in [3.63, 3.8) is 0 Å². The van der Waals surface area contributed by atoms with Gasteiger partial charge >= 0.3 is 11.9 Å². The minimum absolute atomic E-state index is 0.0248. The Morgan fingerprint density at radius 2 is 1.56 bits per heavy atom. The number of hydrogen-bond donors (Lipinski definition) is 2. The van der Waals surface area contributed by atoms with E-state index in [1.807, 2.05) is 13.8 Å². The zero-order chi connectivity index (χ0) is 32.8. The number of carboxylic acids is 1. The van der Waals surface area contributed by atoms with Gasteiger partial charge in [-0.05, 0) is 141 Å². The van der Waals surface area contributed by atoms with Gasteiger partial charge in [0.1, 0.15) is 6.10 Å². The number of carboxylic acid groups (broad SMARTS) is 1. The summed E-state index contributed by atoms with van der Waals surface area (Å²) in [6, 6.07) is 0.773. The Balaban J connectivity index is 1.23. The Hall–Kier alpha value is -1.36. The number of esters is 1. The van der Waals surface area contributed by atoms with Gasteiger partial charge in [0.05, 0.1) is 12.8 Å². The minimum Gasteiger partial charge on any atom is -0.481 e. The smallest absolute Gasteiger partial charge is 0.306 e. The number of carbonyl (C=O) groups is 2. The van der Waals surface area contributed by atoms with Crippen LogP contribution in [0.3, 0.4) is 0 Å². The molecule has 0 heterocycles. The topological polar surface area (TPSA) is 75.6 Å². The highest BCUT2D eigenvalue weighted by Crippen LogP contribution is 2.77. The van der Waals surface area contributed by atoms with Crippen LogP contribution >= 0.6 is 0 Å². The van der Waals surface area contributed by atoms with Crippen LogP contribution < -0.4 is 5.32 Å². The lowest BCUT2D eigenvalue weighted by Crippen LogP contribution is -2.67. The SMILES string of the molecule is C=C(C)[C@@H]1CC[C@]2(CNC3CC3)CC[C@]3(C)[C@H](CC[C@@H]4[C@@]5(C)CC[C@H](OC(=O)CC(C)(C)CC(=O)O)C(C)(C)[C@@H]5CC[C@]43C)[C@@H]12. The second-order valence-corrected chi connectivity index (χ2v) is 19.5. The van der Waals surface area contributed by atoms with Gasteiger partial charge in [-0.1, -0.05) is 60.6 Å². The fourth-order valence-corrected chi connectivity index (χ4v) is 13.5. The molecule has 10 atom stereocenters. The van der Waals surface area contributed by atoms with E-state index >= 15 is 0 Å². The molecule has 0 bridgehead atoms. The summed E-state index contributed by atoms with van der Waals surface area (Å²) in [5.74, 6) is 2.32. The van der Waals surface area contributed by atoms with Gasteiger partial charge in [-0.15, -0.1) is 0 Å². The molecule has 5 nitrogen and oxygen atoms in total. The first-order chi connectivity index (χ1) is 20.9. The van der Waals surface area contributed by atoms with Crippen molar-refractivity contribution in [3.8, 4) is 0 Å². The second-order valence-electron chi connectivity index (χ2n) is 19.5. The van der Waals surface area contributed by atoms with Crippen molar-refractivity contribution in [2.75, 3.05) is 6.54 Å². The van der Waals surface area contributed by atoms with Gasteiger partial charge in [0.2, 0.25) is 0 Å². The molecule has 0 aromatic rings. The van der Waals surface area contributed by atoms with Crippen molar-refractivity contribution in [1.29, 1.82) is 0 Å². The largest absolute Gasteiger partial charge is 0.481 e. The summed E-state index contributed by atoms with van der Waals surface area (Å²) in [4.78, 5) is 24.5. The van der Waals surface area contributed by atoms with Gasteiger partial charge in [-0.2, -0.15) is 0 Å². The molecule has 45 heavy (non-hydrogen) atoms. The molecule has 0 aromatic heterocycles. The fraction of sp³-hybridized carbons (Fsp3) is 0.900. The van der Waals surface area contributed by atoms with Crippen LogP contribution in [-0.2, 0) is 14.3 Å². The molecular weight excluding hydrogens is 558 g/mol. The van der Waals surface area contributed by atoms with Crippen LogP contribution in [0.2, 0.25) is 0 Å². The van der Waals surface area contributed by atoms with Crippen molar-refractivity contribution in [2.45, 2.75) is 157 Å². The van der Waals surface area contributed by atoms with E-state index in [9.17, 15) is 14.7 Å². The molecule has 0 aliphatic heterocycles. The van der Waals surface area contributed by atoms with Crippen molar-refractivity contribution in [1.82, 2.24) is 5.32 Å². The molecule has 0 spiro atoms. The van der Waals surface area contributed by atoms with E-state index in [0.29, 0.717) is 34.0 Å². The maximum absolute atomic E-state index is 13.2. The first-order valence-electron chi connectivity index (χ1n) is 18.7. The summed E-state index contributed by atoms with van der Waals surface area (Å²) in [7, 11) is 0. The Kier molecular flexibility index (Phi) is 8.27. The molecule has 0 amide bonds. The van der Waals surface area contributed by atoms with Gasteiger partial charge in [0, 0.05) is 18.0 Å². The lowest BCUT2D eigenvalue weighted by Gasteiger charge is -2.73. The summed E-state index contributed by atoms with van der Waals surface area (Å²) in [6.07, 6.45) is 15.4. The molecule has 0 saturated heterocycles. The van der Waals surface area contributed by atoms with Gasteiger partial charge in [0.15, 0.2) is 0 Å². The third kappa shape index (κ3) is 5.36. The molecule has 6 aliphatic rings. The van der Waals surface area contributed by atoms with Crippen LogP contribution in [0, 0.1) is 62.1 Å². The van der Waals surface area contributed by atoms with E-state index in [0.717, 1.165) is 30.7 Å². The Morgan fingerprint density at radius 3 is 2.20 bits per heavy atom. The third-order valence-electron chi connectivity index (χ3n) is 16.0. The molecule has 5 heteroatoms. The fourth-order valence-electron chi connectivity index (χ4n) is 13.5. The summed E-state index contributed by atoms with van der Waals surface area (Å²) >= 11 is 0. The second kappa shape index (κ2) is 11.1. The third-order valence-corrected chi connectivity index (χ3v) is 16.0. The number of ether oxygens (including phenoxy) is 1. The van der Waals surface area contributed by atoms with Crippen molar-refractivity contribution >= 4 is 11.9 Å². The Labute approximate surface area is 274 Å². The van der Waals surface area contributed by atoms with Crippen molar-refractivity contribution < 1.29 is 19.4 Å². The average Bonchev–Trinajstić information content (AvgIpc) is 3.67. The van der Waals surface area contributed by atoms with Crippen LogP contribution in [0.1, 0.15) is 145 Å². The Bertz CT molecular complexity index is 1200. The molecular formula is C40H65NO4. The van der Waals surface area contributed by atoms with Gasteiger partial charge in [0.25, 0.3) is 0 Å². The van der Waals surface area contributed by atoms with E-state index in [1.54, 1.807) is 0 Å². The maximum Gasteiger partial charge on any atom is 0.306 e. The van der Waals surface area contributed by atoms with Gasteiger partial charge in [-0.3, -0.25) is 9.59 Å². The van der Waals surface area contributed by atoms with Crippen molar-refractivity contribution in [2.24, 2.45) is 62.1 Å². The number of hydrogen-bond acceptors (Lipinski definition) is 4. The number of allylic oxidation sites excluding steroid dienone is 1.